The average Bonchev–Trinajstić information content (AvgIpc) is 2.42. The fraction of sp³-hybridized carbons (Fsp3) is 0.500. The van der Waals surface area contributed by atoms with Crippen LogP contribution in [0, 0.1) is 5.82 Å². The number of nitrogens with one attached hydrogen (secondary N) is 1. The number of methoxy groups -OCH3 is 1. The Hall–Kier alpha value is -1.62. The number of hydrogen-bond acceptors (Lipinski definition) is 4. The molecule has 1 aliphatic heterocycles. The van der Waals surface area contributed by atoms with Crippen LogP contribution in [-0.2, 0) is 4.74 Å². The molecule has 2 rings (SSSR count). The molecule has 0 radical (unpaired) electrons. The predicted molar refractivity (Wildman–Crippen MR) is 71.9 cm³/mol. The first kappa shape index (κ1) is 13.8. The van der Waals surface area contributed by atoms with E-state index in [1.807, 2.05) is 0 Å². The van der Waals surface area contributed by atoms with Gasteiger partial charge in [0.05, 0.1) is 12.7 Å². The van der Waals surface area contributed by atoms with Gasteiger partial charge in [0.1, 0.15) is 5.82 Å². The summed E-state index contributed by atoms with van der Waals surface area (Å²) in [6.45, 7) is 2.09. The van der Waals surface area contributed by atoms with Crippen molar-refractivity contribution in [2.75, 3.05) is 32.6 Å². The van der Waals surface area contributed by atoms with Gasteiger partial charge in [-0.25, -0.2) is 9.18 Å². The third-order valence-electron chi connectivity index (χ3n) is 3.46. The van der Waals surface area contributed by atoms with Gasteiger partial charge in [-0.05, 0) is 51.2 Å². The number of hydrogen-bond donors (Lipinski definition) is 1. The first-order chi connectivity index (χ1) is 9.10. The molecule has 1 saturated heterocycles. The van der Waals surface area contributed by atoms with E-state index in [0.29, 0.717) is 6.04 Å². The smallest absolute Gasteiger partial charge is 0.340 e. The van der Waals surface area contributed by atoms with Crippen LogP contribution in [0.3, 0.4) is 0 Å². The Morgan fingerprint density at radius 1 is 1.42 bits per heavy atom. The molecule has 1 aromatic carbocycles. The maximum Gasteiger partial charge on any atom is 0.340 e. The van der Waals surface area contributed by atoms with Gasteiger partial charge in [-0.3, -0.25) is 0 Å². The summed E-state index contributed by atoms with van der Waals surface area (Å²) in [5, 5.41) is 3.35. The van der Waals surface area contributed by atoms with Crippen LogP contribution >= 0.6 is 0 Å². The number of likely N-dealkylation sites (tertiary alicyclic amines) is 1. The van der Waals surface area contributed by atoms with Gasteiger partial charge in [0, 0.05) is 11.7 Å². The van der Waals surface area contributed by atoms with Crippen LogP contribution in [-0.4, -0.2) is 44.2 Å². The van der Waals surface area contributed by atoms with E-state index in [9.17, 15) is 9.18 Å². The van der Waals surface area contributed by atoms with Gasteiger partial charge in [-0.1, -0.05) is 0 Å². The van der Waals surface area contributed by atoms with Crippen molar-refractivity contribution in [1.29, 1.82) is 0 Å². The van der Waals surface area contributed by atoms with Crippen LogP contribution < -0.4 is 5.32 Å². The van der Waals surface area contributed by atoms with Crippen molar-refractivity contribution in [3.05, 3.63) is 29.6 Å². The van der Waals surface area contributed by atoms with E-state index in [2.05, 4.69) is 22.0 Å². The monoisotopic (exact) mass is 266 g/mol. The Morgan fingerprint density at radius 3 is 2.74 bits per heavy atom. The summed E-state index contributed by atoms with van der Waals surface area (Å²) in [6.07, 6.45) is 2.09. The Morgan fingerprint density at radius 2 is 2.11 bits per heavy atom. The Balaban J connectivity index is 2.06. The number of carbonyl (C=O) groups is 1. The van der Waals surface area contributed by atoms with E-state index >= 15 is 0 Å². The van der Waals surface area contributed by atoms with Crippen molar-refractivity contribution in [3.8, 4) is 0 Å². The van der Waals surface area contributed by atoms with Crippen molar-refractivity contribution >= 4 is 11.7 Å². The number of esters is 1. The number of anilines is 1. The van der Waals surface area contributed by atoms with Crippen LogP contribution in [0.4, 0.5) is 10.1 Å². The van der Waals surface area contributed by atoms with E-state index in [4.69, 9.17) is 0 Å². The van der Waals surface area contributed by atoms with Crippen molar-refractivity contribution in [2.24, 2.45) is 0 Å². The molecule has 1 aromatic rings. The number of rotatable bonds is 3. The molecule has 1 heterocycles. The third kappa shape index (κ3) is 3.44. The summed E-state index contributed by atoms with van der Waals surface area (Å²) >= 11 is 0. The number of carbonyl (C=O) groups excluding carboxylic acids is 1. The summed E-state index contributed by atoms with van der Waals surface area (Å²) < 4.78 is 18.1. The largest absolute Gasteiger partial charge is 0.465 e. The van der Waals surface area contributed by atoms with Gasteiger partial charge in [0.2, 0.25) is 0 Å². The van der Waals surface area contributed by atoms with E-state index in [0.717, 1.165) is 31.6 Å². The van der Waals surface area contributed by atoms with Crippen molar-refractivity contribution in [1.82, 2.24) is 4.90 Å². The lowest BCUT2D eigenvalue weighted by atomic mass is 10.0. The quantitative estimate of drug-likeness (QED) is 0.851. The Labute approximate surface area is 112 Å². The lowest BCUT2D eigenvalue weighted by Gasteiger charge is -2.30. The lowest BCUT2D eigenvalue weighted by molar-refractivity contribution is 0.0595. The lowest BCUT2D eigenvalue weighted by Crippen LogP contribution is -2.36. The van der Waals surface area contributed by atoms with E-state index < -0.39 is 11.8 Å². The van der Waals surface area contributed by atoms with Crippen LogP contribution in [0.1, 0.15) is 23.2 Å². The van der Waals surface area contributed by atoms with Gasteiger partial charge >= 0.3 is 5.97 Å². The van der Waals surface area contributed by atoms with Crippen LogP contribution in [0.2, 0.25) is 0 Å². The van der Waals surface area contributed by atoms with Gasteiger partial charge in [-0.15, -0.1) is 0 Å². The molecule has 19 heavy (non-hydrogen) atoms. The molecule has 104 valence electrons. The zero-order valence-corrected chi connectivity index (χ0v) is 11.3. The number of benzene rings is 1. The van der Waals surface area contributed by atoms with Crippen LogP contribution in [0.25, 0.3) is 0 Å². The molecule has 5 heteroatoms. The van der Waals surface area contributed by atoms with E-state index in [1.165, 1.54) is 19.2 Å². The fourth-order valence-electron chi connectivity index (χ4n) is 2.27. The van der Waals surface area contributed by atoms with Gasteiger partial charge in [0.15, 0.2) is 0 Å². The zero-order chi connectivity index (χ0) is 13.8. The highest BCUT2D eigenvalue weighted by molar-refractivity contribution is 5.90. The minimum absolute atomic E-state index is 0.0274. The summed E-state index contributed by atoms with van der Waals surface area (Å²) in [7, 11) is 3.35. The minimum atomic E-state index is -0.649. The normalized spacial score (nSPS) is 17.2. The first-order valence-corrected chi connectivity index (χ1v) is 6.43. The summed E-state index contributed by atoms with van der Waals surface area (Å²) in [4.78, 5) is 13.7. The fourth-order valence-corrected chi connectivity index (χ4v) is 2.27. The second-order valence-corrected chi connectivity index (χ2v) is 4.91. The van der Waals surface area contributed by atoms with Crippen molar-refractivity contribution in [2.45, 2.75) is 18.9 Å². The maximum absolute atomic E-state index is 13.5. The molecule has 0 bridgehead atoms. The van der Waals surface area contributed by atoms with Crippen molar-refractivity contribution in [3.63, 3.8) is 0 Å². The van der Waals surface area contributed by atoms with E-state index in [-0.39, 0.29) is 5.56 Å². The predicted octanol–water partition coefficient (Wildman–Crippen LogP) is 2.12. The minimum Gasteiger partial charge on any atom is -0.465 e. The van der Waals surface area contributed by atoms with Crippen molar-refractivity contribution < 1.29 is 13.9 Å². The Kier molecular flexibility index (Phi) is 4.37. The molecule has 0 aliphatic carbocycles. The van der Waals surface area contributed by atoms with Crippen LogP contribution in [0.15, 0.2) is 18.2 Å². The summed E-state index contributed by atoms with van der Waals surface area (Å²) in [5.74, 6) is -1.20. The second kappa shape index (κ2) is 6.02. The van der Waals surface area contributed by atoms with E-state index in [1.54, 1.807) is 6.07 Å². The number of piperidine rings is 1. The highest BCUT2D eigenvalue weighted by atomic mass is 19.1. The number of halogens is 1. The molecule has 0 atom stereocenters. The molecule has 0 saturated carbocycles. The zero-order valence-electron chi connectivity index (χ0n) is 11.3. The highest BCUT2D eigenvalue weighted by Gasteiger charge is 2.18. The molecule has 0 aromatic heterocycles. The molecule has 0 amide bonds. The molecular weight excluding hydrogens is 247 g/mol. The second-order valence-electron chi connectivity index (χ2n) is 4.91. The standard InChI is InChI=1S/C14H19FN2O2/c1-17-7-5-10(6-8-17)16-11-3-4-13(15)12(9-11)14(18)19-2/h3-4,9-10,16H,5-8H2,1-2H3. The summed E-state index contributed by atoms with van der Waals surface area (Å²) in [5.41, 5.74) is 0.733. The Bertz CT molecular complexity index is 457. The van der Waals surface area contributed by atoms with Gasteiger partial charge in [-0.2, -0.15) is 0 Å². The summed E-state index contributed by atoms with van der Waals surface area (Å²) in [6, 6.07) is 4.83. The number of ether oxygens (including phenoxy) is 1. The molecule has 0 spiro atoms. The molecule has 1 aliphatic rings. The maximum atomic E-state index is 13.5. The average molecular weight is 266 g/mol. The topological polar surface area (TPSA) is 41.6 Å². The van der Waals surface area contributed by atoms with Gasteiger partial charge < -0.3 is 15.0 Å². The molecular formula is C14H19FN2O2. The molecule has 1 fully saturated rings. The van der Waals surface area contributed by atoms with Crippen LogP contribution in [0.5, 0.6) is 0 Å². The SMILES string of the molecule is COC(=O)c1cc(NC2CCN(C)CC2)ccc1F. The molecule has 4 nitrogen and oxygen atoms in total. The van der Waals surface area contributed by atoms with Gasteiger partial charge in [0.25, 0.3) is 0 Å². The highest BCUT2D eigenvalue weighted by Crippen LogP contribution is 2.19. The molecule has 0 unspecified atom stereocenters. The molecule has 1 N–H and O–H groups in total. The third-order valence-corrected chi connectivity index (χ3v) is 3.46. The first-order valence-electron chi connectivity index (χ1n) is 6.43. The number of nitrogens with zero attached hydrogens (tertiary/aromatic N) is 1.